The quantitative estimate of drug-likeness (QED) is 0.635. The number of rotatable bonds is 3. The highest BCUT2D eigenvalue weighted by molar-refractivity contribution is 5.70. The first kappa shape index (κ1) is 21.8. The van der Waals surface area contributed by atoms with Crippen molar-refractivity contribution in [2.24, 2.45) is 0 Å². The van der Waals surface area contributed by atoms with Gasteiger partial charge in [0.25, 0.3) is 0 Å². The minimum atomic E-state index is -0.369. The molecule has 1 fully saturated rings. The summed E-state index contributed by atoms with van der Waals surface area (Å²) in [5.74, 6) is 7.28. The molecule has 31 heavy (non-hydrogen) atoms. The Balaban J connectivity index is 0.000000287. The lowest BCUT2D eigenvalue weighted by atomic mass is 10.0. The van der Waals surface area contributed by atoms with Crippen molar-refractivity contribution in [3.8, 4) is 17.6 Å². The lowest BCUT2D eigenvalue weighted by molar-refractivity contribution is 0.177. The summed E-state index contributed by atoms with van der Waals surface area (Å²) in [6, 6.07) is 25.6. The van der Waals surface area contributed by atoms with E-state index in [-0.39, 0.29) is 12.1 Å². The van der Waals surface area contributed by atoms with Crippen LogP contribution < -0.4 is 15.0 Å². The number of carbonyl (C=O) groups is 1. The maximum absolute atomic E-state index is 11.1. The monoisotopic (exact) mass is 414 g/mol. The largest absolute Gasteiger partial charge is 0.497 e. The number of carbonyl (C=O) groups excluding carboxylic acids is 1. The number of methoxy groups -OCH3 is 1. The Morgan fingerprint density at radius 1 is 0.935 bits per heavy atom. The number of amides is 1. The standard InChI is InChI=1S/C19H18N2O2.C7H8O/c1-21(2)17-8-4-6-15(12-17)10-9-14-5-3-7-16(11-14)18-13-23-19(22)20-18;1-8-7-5-3-2-4-6-7/h3-8,11-12,18H,13H2,1-2H3,(H,20,22);2-6H,1H3/t18-;/m0./s1. The molecule has 0 aromatic heterocycles. The first-order valence-corrected chi connectivity index (χ1v) is 9.97. The Labute approximate surface area is 183 Å². The zero-order valence-corrected chi connectivity index (χ0v) is 18.0. The van der Waals surface area contributed by atoms with Gasteiger partial charge in [-0.3, -0.25) is 0 Å². The molecule has 0 spiro atoms. The molecule has 0 aliphatic carbocycles. The van der Waals surface area contributed by atoms with E-state index in [9.17, 15) is 4.79 Å². The number of ether oxygens (including phenoxy) is 2. The Morgan fingerprint density at radius 3 is 2.19 bits per heavy atom. The molecule has 4 rings (SSSR count). The van der Waals surface area contributed by atoms with Crippen LogP contribution in [0.3, 0.4) is 0 Å². The van der Waals surface area contributed by atoms with Crippen LogP contribution >= 0.6 is 0 Å². The van der Waals surface area contributed by atoms with Gasteiger partial charge in [-0.1, -0.05) is 48.2 Å². The minimum Gasteiger partial charge on any atom is -0.497 e. The van der Waals surface area contributed by atoms with Crippen molar-refractivity contribution in [2.75, 3.05) is 32.7 Å². The first-order valence-electron chi connectivity index (χ1n) is 9.97. The Hall–Kier alpha value is -3.91. The van der Waals surface area contributed by atoms with Crippen molar-refractivity contribution in [1.29, 1.82) is 0 Å². The number of nitrogens with zero attached hydrogens (tertiary/aromatic N) is 1. The average molecular weight is 415 g/mol. The second kappa shape index (κ2) is 10.7. The Kier molecular flexibility index (Phi) is 7.56. The van der Waals surface area contributed by atoms with Crippen LogP contribution in [0.4, 0.5) is 10.5 Å². The maximum Gasteiger partial charge on any atom is 0.407 e. The molecule has 5 heteroatoms. The molecular weight excluding hydrogens is 388 g/mol. The van der Waals surface area contributed by atoms with E-state index in [1.54, 1.807) is 7.11 Å². The van der Waals surface area contributed by atoms with Crippen molar-refractivity contribution >= 4 is 11.8 Å². The second-order valence-electron chi connectivity index (χ2n) is 7.13. The van der Waals surface area contributed by atoms with Gasteiger partial charge >= 0.3 is 6.09 Å². The predicted octanol–water partition coefficient (Wildman–Crippen LogP) is 4.63. The van der Waals surface area contributed by atoms with Crippen molar-refractivity contribution in [3.05, 3.63) is 95.6 Å². The van der Waals surface area contributed by atoms with Crippen LogP contribution in [-0.2, 0) is 4.74 Å². The second-order valence-corrected chi connectivity index (χ2v) is 7.13. The summed E-state index contributed by atoms with van der Waals surface area (Å²) in [5.41, 5.74) is 4.01. The van der Waals surface area contributed by atoms with Crippen molar-refractivity contribution in [3.63, 3.8) is 0 Å². The molecule has 1 saturated heterocycles. The molecule has 0 unspecified atom stereocenters. The van der Waals surface area contributed by atoms with E-state index in [0.29, 0.717) is 6.61 Å². The molecule has 0 bridgehead atoms. The number of hydrogen-bond donors (Lipinski definition) is 1. The van der Waals surface area contributed by atoms with E-state index in [1.165, 1.54) is 0 Å². The number of para-hydroxylation sites is 1. The molecule has 1 aliphatic rings. The van der Waals surface area contributed by atoms with Crippen LogP contribution in [-0.4, -0.2) is 33.9 Å². The molecular formula is C26H26N2O3. The molecule has 1 amide bonds. The first-order chi connectivity index (χ1) is 15.0. The zero-order valence-electron chi connectivity index (χ0n) is 18.0. The maximum atomic E-state index is 11.1. The number of hydrogen-bond acceptors (Lipinski definition) is 4. The van der Waals surface area contributed by atoms with E-state index in [1.807, 2.05) is 80.8 Å². The van der Waals surface area contributed by atoms with Crippen LogP contribution in [0.25, 0.3) is 0 Å². The SMILES string of the molecule is CN(C)c1cccc(C#Cc2cccc([C@@H]3COC(=O)N3)c2)c1.COc1ccccc1. The van der Waals surface area contributed by atoms with Crippen LogP contribution in [0, 0.1) is 11.8 Å². The van der Waals surface area contributed by atoms with Gasteiger partial charge in [-0.25, -0.2) is 4.79 Å². The molecule has 0 saturated carbocycles. The van der Waals surface area contributed by atoms with Crippen molar-refractivity contribution in [1.82, 2.24) is 5.32 Å². The molecule has 1 aliphatic heterocycles. The van der Waals surface area contributed by atoms with Gasteiger partial charge in [-0.2, -0.15) is 0 Å². The van der Waals surface area contributed by atoms with Crippen LogP contribution in [0.5, 0.6) is 5.75 Å². The summed E-state index contributed by atoms with van der Waals surface area (Å²) < 4.78 is 9.85. The Morgan fingerprint density at radius 2 is 1.61 bits per heavy atom. The minimum absolute atomic E-state index is 0.0960. The fourth-order valence-electron chi connectivity index (χ4n) is 2.96. The van der Waals surface area contributed by atoms with Gasteiger partial charge in [0.1, 0.15) is 12.4 Å². The van der Waals surface area contributed by atoms with Crippen molar-refractivity contribution in [2.45, 2.75) is 6.04 Å². The van der Waals surface area contributed by atoms with Gasteiger partial charge < -0.3 is 19.7 Å². The van der Waals surface area contributed by atoms with Gasteiger partial charge in [-0.15, -0.1) is 0 Å². The Bertz CT molecular complexity index is 1070. The highest BCUT2D eigenvalue weighted by atomic mass is 16.6. The summed E-state index contributed by atoms with van der Waals surface area (Å²) in [6.07, 6.45) is -0.369. The smallest absolute Gasteiger partial charge is 0.407 e. The zero-order chi connectivity index (χ0) is 22.1. The number of benzene rings is 3. The molecule has 1 N–H and O–H groups in total. The number of anilines is 1. The molecule has 3 aromatic carbocycles. The topological polar surface area (TPSA) is 50.8 Å². The third-order valence-electron chi connectivity index (χ3n) is 4.65. The number of cyclic esters (lactones) is 1. The van der Waals surface area contributed by atoms with E-state index in [0.717, 1.165) is 28.1 Å². The van der Waals surface area contributed by atoms with Crippen LogP contribution in [0.2, 0.25) is 0 Å². The third-order valence-corrected chi connectivity index (χ3v) is 4.65. The third kappa shape index (κ3) is 6.55. The highest BCUT2D eigenvalue weighted by Crippen LogP contribution is 2.19. The summed E-state index contributed by atoms with van der Waals surface area (Å²) >= 11 is 0. The average Bonchev–Trinajstić information content (AvgIpc) is 3.25. The predicted molar refractivity (Wildman–Crippen MR) is 123 cm³/mol. The van der Waals surface area contributed by atoms with E-state index in [4.69, 9.17) is 9.47 Å². The normalized spacial score (nSPS) is 14.2. The number of nitrogens with one attached hydrogen (secondary N) is 1. The molecule has 3 aromatic rings. The summed E-state index contributed by atoms with van der Waals surface area (Å²) in [7, 11) is 5.68. The lowest BCUT2D eigenvalue weighted by Crippen LogP contribution is -2.18. The summed E-state index contributed by atoms with van der Waals surface area (Å²) in [5, 5.41) is 2.78. The van der Waals surface area contributed by atoms with Gasteiger partial charge in [-0.05, 0) is 48.0 Å². The highest BCUT2D eigenvalue weighted by Gasteiger charge is 2.23. The fourth-order valence-corrected chi connectivity index (χ4v) is 2.96. The molecule has 1 atom stereocenters. The van der Waals surface area contributed by atoms with Gasteiger partial charge in [0.2, 0.25) is 0 Å². The van der Waals surface area contributed by atoms with Crippen LogP contribution in [0.15, 0.2) is 78.9 Å². The molecule has 0 radical (unpaired) electrons. The van der Waals surface area contributed by atoms with Gasteiger partial charge in [0, 0.05) is 30.9 Å². The molecule has 5 nitrogen and oxygen atoms in total. The molecule has 158 valence electrons. The van der Waals surface area contributed by atoms with E-state index in [2.05, 4.69) is 34.2 Å². The van der Waals surface area contributed by atoms with E-state index >= 15 is 0 Å². The van der Waals surface area contributed by atoms with Gasteiger partial charge in [0.05, 0.1) is 13.2 Å². The summed E-state index contributed by atoms with van der Waals surface area (Å²) in [4.78, 5) is 13.2. The fraction of sp³-hybridized carbons (Fsp3) is 0.192. The molecule has 1 heterocycles. The lowest BCUT2D eigenvalue weighted by Gasteiger charge is -2.11. The number of alkyl carbamates (subject to hydrolysis) is 1. The van der Waals surface area contributed by atoms with E-state index < -0.39 is 0 Å². The van der Waals surface area contributed by atoms with Crippen molar-refractivity contribution < 1.29 is 14.3 Å². The van der Waals surface area contributed by atoms with Crippen LogP contribution in [0.1, 0.15) is 22.7 Å². The summed E-state index contributed by atoms with van der Waals surface area (Å²) in [6.45, 7) is 0.362. The van der Waals surface area contributed by atoms with Gasteiger partial charge in [0.15, 0.2) is 0 Å².